The molecule has 0 unspecified atom stereocenters. The van der Waals surface area contributed by atoms with Gasteiger partial charge in [0.15, 0.2) is 5.78 Å². The van der Waals surface area contributed by atoms with Gasteiger partial charge in [-0.05, 0) is 48.0 Å². The van der Waals surface area contributed by atoms with Crippen molar-refractivity contribution in [3.05, 3.63) is 83.4 Å². The van der Waals surface area contributed by atoms with Crippen molar-refractivity contribution in [1.82, 2.24) is 9.97 Å². The molecule has 0 aliphatic rings. The molecule has 1 N–H and O–H groups in total. The minimum Gasteiger partial charge on any atom is -0.354 e. The van der Waals surface area contributed by atoms with Crippen LogP contribution in [-0.4, -0.2) is 15.8 Å². The lowest BCUT2D eigenvalue weighted by atomic mass is 10.0. The maximum Gasteiger partial charge on any atom is 0.167 e. The maximum atomic E-state index is 12.4. The van der Waals surface area contributed by atoms with Crippen LogP contribution >= 0.6 is 11.6 Å². The fraction of sp³-hybridized carbons (Fsp3) is 0.0556. The average Bonchev–Trinajstić information content (AvgIpc) is 2.59. The number of carbonyl (C=O) groups is 1. The highest BCUT2D eigenvalue weighted by Gasteiger charge is 2.10. The van der Waals surface area contributed by atoms with Gasteiger partial charge in [0.05, 0.1) is 11.9 Å². The van der Waals surface area contributed by atoms with Crippen LogP contribution in [0.5, 0.6) is 0 Å². The Balaban J connectivity index is 1.80. The molecule has 0 fully saturated rings. The Labute approximate surface area is 139 Å². The van der Waals surface area contributed by atoms with E-state index in [-0.39, 0.29) is 5.78 Å². The monoisotopic (exact) mass is 323 g/mol. The third-order valence-corrected chi connectivity index (χ3v) is 3.64. The first-order valence-corrected chi connectivity index (χ1v) is 7.49. The summed E-state index contributed by atoms with van der Waals surface area (Å²) < 4.78 is 0. The first kappa shape index (κ1) is 15.2. The van der Waals surface area contributed by atoms with E-state index in [1.807, 2.05) is 30.3 Å². The Morgan fingerprint density at radius 1 is 0.957 bits per heavy atom. The van der Waals surface area contributed by atoms with Crippen LogP contribution in [0.25, 0.3) is 0 Å². The van der Waals surface area contributed by atoms with Crippen molar-refractivity contribution in [2.24, 2.45) is 0 Å². The van der Waals surface area contributed by atoms with Gasteiger partial charge in [-0.1, -0.05) is 11.6 Å². The van der Waals surface area contributed by atoms with E-state index in [0.717, 1.165) is 16.9 Å². The number of aromatic nitrogens is 2. The molecular weight excluding hydrogens is 310 g/mol. The van der Waals surface area contributed by atoms with Crippen LogP contribution in [0.15, 0.2) is 67.3 Å². The van der Waals surface area contributed by atoms with E-state index >= 15 is 0 Å². The van der Waals surface area contributed by atoms with Crippen molar-refractivity contribution in [2.75, 3.05) is 5.32 Å². The van der Waals surface area contributed by atoms with Gasteiger partial charge in [0.1, 0.15) is 0 Å². The minimum atomic E-state index is 0.0396. The van der Waals surface area contributed by atoms with Crippen molar-refractivity contribution in [2.45, 2.75) is 6.42 Å². The molecule has 0 aliphatic carbocycles. The zero-order chi connectivity index (χ0) is 16.1. The third-order valence-electron chi connectivity index (χ3n) is 3.39. The van der Waals surface area contributed by atoms with Crippen molar-refractivity contribution < 1.29 is 4.79 Å². The van der Waals surface area contributed by atoms with Crippen LogP contribution in [0.4, 0.5) is 11.4 Å². The number of ketones is 1. The van der Waals surface area contributed by atoms with Gasteiger partial charge in [0.25, 0.3) is 0 Å². The van der Waals surface area contributed by atoms with Gasteiger partial charge < -0.3 is 5.32 Å². The molecule has 0 saturated heterocycles. The number of rotatable bonds is 5. The van der Waals surface area contributed by atoms with Gasteiger partial charge in [-0.25, -0.2) is 0 Å². The molecule has 23 heavy (non-hydrogen) atoms. The number of carbonyl (C=O) groups excluding carboxylic acids is 1. The van der Waals surface area contributed by atoms with Crippen LogP contribution in [0.2, 0.25) is 5.02 Å². The lowest BCUT2D eigenvalue weighted by Gasteiger charge is -2.11. The van der Waals surface area contributed by atoms with Gasteiger partial charge in [-0.15, -0.1) is 0 Å². The predicted molar refractivity (Wildman–Crippen MR) is 91.2 cm³/mol. The molecule has 0 radical (unpaired) electrons. The van der Waals surface area contributed by atoms with Gasteiger partial charge in [-0.3, -0.25) is 14.8 Å². The summed E-state index contributed by atoms with van der Waals surface area (Å²) in [4.78, 5) is 20.4. The molecule has 0 saturated carbocycles. The SMILES string of the molecule is O=C(Cc1ccncc1Nc1ccc(Cl)cc1)c1ccncc1. The Morgan fingerprint density at radius 2 is 1.65 bits per heavy atom. The predicted octanol–water partition coefficient (Wildman–Crippen LogP) is 4.30. The molecule has 0 aliphatic heterocycles. The highest BCUT2D eigenvalue weighted by Crippen LogP contribution is 2.22. The average molecular weight is 324 g/mol. The van der Waals surface area contributed by atoms with Crippen molar-refractivity contribution in [3.63, 3.8) is 0 Å². The Morgan fingerprint density at radius 3 is 2.39 bits per heavy atom. The van der Waals surface area contributed by atoms with Crippen molar-refractivity contribution >= 4 is 28.8 Å². The van der Waals surface area contributed by atoms with Crippen LogP contribution in [-0.2, 0) is 6.42 Å². The molecule has 0 amide bonds. The zero-order valence-electron chi connectivity index (χ0n) is 12.2. The molecule has 114 valence electrons. The lowest BCUT2D eigenvalue weighted by molar-refractivity contribution is 0.0993. The molecule has 4 nitrogen and oxygen atoms in total. The first-order valence-electron chi connectivity index (χ1n) is 7.11. The van der Waals surface area contributed by atoms with E-state index in [2.05, 4.69) is 15.3 Å². The van der Waals surface area contributed by atoms with Crippen molar-refractivity contribution in [1.29, 1.82) is 0 Å². The first-order chi connectivity index (χ1) is 11.2. The fourth-order valence-electron chi connectivity index (χ4n) is 2.19. The summed E-state index contributed by atoms with van der Waals surface area (Å²) in [5, 5.41) is 3.95. The van der Waals surface area contributed by atoms with E-state index < -0.39 is 0 Å². The number of anilines is 2. The number of Topliss-reactive ketones (excluding diaryl/α,β-unsaturated/α-hetero) is 1. The second-order valence-corrected chi connectivity index (χ2v) is 5.44. The topological polar surface area (TPSA) is 54.9 Å². The summed E-state index contributed by atoms with van der Waals surface area (Å²) in [5.41, 5.74) is 3.23. The summed E-state index contributed by atoms with van der Waals surface area (Å²) in [6.07, 6.45) is 6.92. The summed E-state index contributed by atoms with van der Waals surface area (Å²) in [6.45, 7) is 0. The number of halogens is 1. The van der Waals surface area contributed by atoms with E-state index in [9.17, 15) is 4.79 Å². The van der Waals surface area contributed by atoms with Crippen LogP contribution in [0.1, 0.15) is 15.9 Å². The van der Waals surface area contributed by atoms with E-state index in [1.54, 1.807) is 36.9 Å². The summed E-state index contributed by atoms with van der Waals surface area (Å²) in [7, 11) is 0. The highest BCUT2D eigenvalue weighted by atomic mass is 35.5. The Kier molecular flexibility index (Phi) is 4.64. The zero-order valence-corrected chi connectivity index (χ0v) is 13.0. The molecule has 1 aromatic carbocycles. The quantitative estimate of drug-likeness (QED) is 0.711. The molecular formula is C18H14ClN3O. The fourth-order valence-corrected chi connectivity index (χ4v) is 2.32. The Bertz CT molecular complexity index is 804. The normalized spacial score (nSPS) is 10.3. The molecule has 3 rings (SSSR count). The van der Waals surface area contributed by atoms with Crippen LogP contribution in [0.3, 0.4) is 0 Å². The van der Waals surface area contributed by atoms with Gasteiger partial charge in [-0.2, -0.15) is 0 Å². The lowest BCUT2D eigenvalue weighted by Crippen LogP contribution is -2.06. The molecule has 2 heterocycles. The molecule has 2 aromatic heterocycles. The second kappa shape index (κ2) is 7.03. The van der Waals surface area contributed by atoms with E-state index in [4.69, 9.17) is 11.6 Å². The number of benzene rings is 1. The Hall–Kier alpha value is -2.72. The summed E-state index contributed by atoms with van der Waals surface area (Å²) in [6, 6.07) is 12.7. The molecule has 0 spiro atoms. The van der Waals surface area contributed by atoms with Crippen LogP contribution < -0.4 is 5.32 Å². The van der Waals surface area contributed by atoms with Crippen molar-refractivity contribution in [3.8, 4) is 0 Å². The van der Waals surface area contributed by atoms with Gasteiger partial charge >= 0.3 is 0 Å². The molecule has 0 atom stereocenters. The molecule has 5 heteroatoms. The summed E-state index contributed by atoms with van der Waals surface area (Å²) >= 11 is 5.89. The number of nitrogens with one attached hydrogen (secondary N) is 1. The standard InChI is InChI=1S/C18H14ClN3O/c19-15-1-3-16(4-2-15)22-17-12-21-10-7-14(17)11-18(23)13-5-8-20-9-6-13/h1-10,12,22H,11H2. The van der Waals surface area contributed by atoms with E-state index in [0.29, 0.717) is 17.0 Å². The number of hydrogen-bond acceptors (Lipinski definition) is 4. The molecule has 0 bridgehead atoms. The van der Waals surface area contributed by atoms with E-state index in [1.165, 1.54) is 0 Å². The maximum absolute atomic E-state index is 12.4. The van der Waals surface area contributed by atoms with Crippen LogP contribution in [0, 0.1) is 0 Å². The minimum absolute atomic E-state index is 0.0396. The largest absolute Gasteiger partial charge is 0.354 e. The number of pyridine rings is 2. The third kappa shape index (κ3) is 3.93. The van der Waals surface area contributed by atoms with Gasteiger partial charge in [0.2, 0.25) is 0 Å². The highest BCUT2D eigenvalue weighted by molar-refractivity contribution is 6.30. The summed E-state index contributed by atoms with van der Waals surface area (Å²) in [5.74, 6) is 0.0396. The van der Waals surface area contributed by atoms with Gasteiger partial charge in [0, 0.05) is 41.3 Å². The number of hydrogen-bond donors (Lipinski definition) is 1. The second-order valence-electron chi connectivity index (χ2n) is 5.00. The number of nitrogens with zero attached hydrogens (tertiary/aromatic N) is 2. The smallest absolute Gasteiger partial charge is 0.167 e. The molecule has 3 aromatic rings.